The average Bonchev–Trinajstić information content (AvgIpc) is 2.64. The van der Waals surface area contributed by atoms with E-state index in [0.717, 1.165) is 22.6 Å². The highest BCUT2D eigenvalue weighted by Crippen LogP contribution is 2.20. The van der Waals surface area contributed by atoms with Gasteiger partial charge in [0.2, 0.25) is 5.91 Å². The molecule has 3 aromatic rings. The Morgan fingerprint density at radius 3 is 2.38 bits per heavy atom. The maximum Gasteiger partial charge on any atom is 0.228 e. The first kappa shape index (κ1) is 17.4. The topological polar surface area (TPSA) is 70.2 Å². The van der Waals surface area contributed by atoms with Crippen molar-refractivity contribution in [2.24, 2.45) is 0 Å². The van der Waals surface area contributed by atoms with E-state index < -0.39 is 0 Å². The summed E-state index contributed by atoms with van der Waals surface area (Å²) in [6.45, 7) is 0. The molecule has 0 atom stereocenters. The van der Waals surface area contributed by atoms with Crippen molar-refractivity contribution in [1.82, 2.24) is 10.2 Å². The molecule has 0 aliphatic heterocycles. The molecule has 2 N–H and O–H groups in total. The molecule has 0 fully saturated rings. The largest absolute Gasteiger partial charge is 0.376 e. The third kappa shape index (κ3) is 4.80. The number of anilines is 4. The highest BCUT2D eigenvalue weighted by molar-refractivity contribution is 5.92. The van der Waals surface area contributed by atoms with Crippen LogP contribution in [0.15, 0.2) is 66.9 Å². The van der Waals surface area contributed by atoms with E-state index in [2.05, 4.69) is 20.8 Å². The van der Waals surface area contributed by atoms with Gasteiger partial charge in [-0.3, -0.25) is 4.79 Å². The fraction of sp³-hybridized carbons (Fsp3) is 0.150. The summed E-state index contributed by atoms with van der Waals surface area (Å²) in [5.74, 6) is 0.624. The van der Waals surface area contributed by atoms with Crippen LogP contribution in [-0.4, -0.2) is 30.2 Å². The van der Waals surface area contributed by atoms with Gasteiger partial charge in [-0.05, 0) is 29.8 Å². The molecule has 3 rings (SSSR count). The van der Waals surface area contributed by atoms with Gasteiger partial charge in [-0.25, -0.2) is 0 Å². The van der Waals surface area contributed by atoms with Crippen molar-refractivity contribution in [3.05, 3.63) is 72.4 Å². The monoisotopic (exact) mass is 347 g/mol. The molecule has 2 aromatic carbocycles. The number of nitrogens with zero attached hydrogens (tertiary/aromatic N) is 3. The fourth-order valence-electron chi connectivity index (χ4n) is 2.43. The lowest BCUT2D eigenvalue weighted by Crippen LogP contribution is -2.14. The zero-order valence-electron chi connectivity index (χ0n) is 14.8. The van der Waals surface area contributed by atoms with Gasteiger partial charge in [0.1, 0.15) is 0 Å². The third-order valence-corrected chi connectivity index (χ3v) is 3.81. The standard InChI is InChI=1S/C20H21N5O/c1-25(2)18-13-19(24-21-14-18)22-16-8-10-17(11-9-16)23-20(26)12-15-6-4-3-5-7-15/h3-11,13-14H,12H2,1-2H3,(H,22,24)(H,23,26). The molecule has 132 valence electrons. The van der Waals surface area contributed by atoms with Gasteiger partial charge >= 0.3 is 0 Å². The highest BCUT2D eigenvalue weighted by atomic mass is 16.1. The number of benzene rings is 2. The van der Waals surface area contributed by atoms with Crippen molar-refractivity contribution in [2.75, 3.05) is 29.6 Å². The number of carbonyl (C=O) groups is 1. The van der Waals surface area contributed by atoms with E-state index in [9.17, 15) is 4.79 Å². The Bertz CT molecular complexity index is 863. The van der Waals surface area contributed by atoms with Crippen molar-refractivity contribution in [2.45, 2.75) is 6.42 Å². The normalized spacial score (nSPS) is 10.2. The summed E-state index contributed by atoms with van der Waals surface area (Å²) >= 11 is 0. The molecule has 6 nitrogen and oxygen atoms in total. The van der Waals surface area contributed by atoms with Gasteiger partial charge in [-0.1, -0.05) is 30.3 Å². The molecular weight excluding hydrogens is 326 g/mol. The Labute approximate surface area is 152 Å². The SMILES string of the molecule is CN(C)c1cnnc(Nc2ccc(NC(=O)Cc3ccccc3)cc2)c1. The number of amides is 1. The number of hydrogen-bond donors (Lipinski definition) is 2. The molecule has 0 saturated heterocycles. The molecular formula is C20H21N5O. The molecule has 1 aromatic heterocycles. The third-order valence-electron chi connectivity index (χ3n) is 3.81. The van der Waals surface area contributed by atoms with E-state index in [1.54, 1.807) is 6.20 Å². The summed E-state index contributed by atoms with van der Waals surface area (Å²) in [5, 5.41) is 14.2. The fourth-order valence-corrected chi connectivity index (χ4v) is 2.43. The summed E-state index contributed by atoms with van der Waals surface area (Å²) in [6, 6.07) is 19.1. The molecule has 0 aliphatic rings. The minimum Gasteiger partial charge on any atom is -0.376 e. The summed E-state index contributed by atoms with van der Waals surface area (Å²) < 4.78 is 0. The first-order valence-corrected chi connectivity index (χ1v) is 8.31. The molecule has 1 amide bonds. The molecule has 26 heavy (non-hydrogen) atoms. The lowest BCUT2D eigenvalue weighted by molar-refractivity contribution is -0.115. The quantitative estimate of drug-likeness (QED) is 0.714. The van der Waals surface area contributed by atoms with E-state index in [1.807, 2.05) is 79.7 Å². The van der Waals surface area contributed by atoms with Crippen LogP contribution in [0.1, 0.15) is 5.56 Å². The van der Waals surface area contributed by atoms with Crippen LogP contribution in [0.25, 0.3) is 0 Å². The van der Waals surface area contributed by atoms with E-state index >= 15 is 0 Å². The first-order valence-electron chi connectivity index (χ1n) is 8.31. The Morgan fingerprint density at radius 1 is 1.00 bits per heavy atom. The van der Waals surface area contributed by atoms with Crippen LogP contribution in [-0.2, 0) is 11.2 Å². The van der Waals surface area contributed by atoms with E-state index in [-0.39, 0.29) is 5.91 Å². The Kier molecular flexibility index (Phi) is 5.43. The molecule has 0 unspecified atom stereocenters. The lowest BCUT2D eigenvalue weighted by Gasteiger charge is -2.13. The molecule has 1 heterocycles. The van der Waals surface area contributed by atoms with Crippen LogP contribution >= 0.6 is 0 Å². The van der Waals surface area contributed by atoms with Crippen LogP contribution in [0.5, 0.6) is 0 Å². The van der Waals surface area contributed by atoms with Gasteiger partial charge in [0, 0.05) is 31.5 Å². The molecule has 0 aliphatic carbocycles. The summed E-state index contributed by atoms with van der Waals surface area (Å²) in [7, 11) is 3.90. The molecule has 6 heteroatoms. The van der Waals surface area contributed by atoms with Crippen LogP contribution < -0.4 is 15.5 Å². The van der Waals surface area contributed by atoms with Gasteiger partial charge in [0.25, 0.3) is 0 Å². The lowest BCUT2D eigenvalue weighted by atomic mass is 10.1. The predicted molar refractivity (Wildman–Crippen MR) is 105 cm³/mol. The zero-order chi connectivity index (χ0) is 18.4. The van der Waals surface area contributed by atoms with Gasteiger partial charge in [0.05, 0.1) is 18.3 Å². The second-order valence-corrected chi connectivity index (χ2v) is 6.11. The van der Waals surface area contributed by atoms with Crippen molar-refractivity contribution >= 4 is 28.8 Å². The van der Waals surface area contributed by atoms with Crippen molar-refractivity contribution in [3.8, 4) is 0 Å². The maximum atomic E-state index is 12.1. The summed E-state index contributed by atoms with van der Waals surface area (Å²) in [4.78, 5) is 14.1. The second-order valence-electron chi connectivity index (χ2n) is 6.11. The highest BCUT2D eigenvalue weighted by Gasteiger charge is 2.05. The molecule has 0 saturated carbocycles. The summed E-state index contributed by atoms with van der Waals surface area (Å²) in [6.07, 6.45) is 2.06. The van der Waals surface area contributed by atoms with Gasteiger partial charge in [-0.15, -0.1) is 5.10 Å². The number of aromatic nitrogens is 2. The Morgan fingerprint density at radius 2 is 1.69 bits per heavy atom. The maximum absolute atomic E-state index is 12.1. The zero-order valence-corrected chi connectivity index (χ0v) is 14.8. The number of rotatable bonds is 6. The van der Waals surface area contributed by atoms with Gasteiger partial charge in [-0.2, -0.15) is 5.10 Å². The van der Waals surface area contributed by atoms with Crippen molar-refractivity contribution in [3.63, 3.8) is 0 Å². The van der Waals surface area contributed by atoms with Crippen LogP contribution in [0.2, 0.25) is 0 Å². The predicted octanol–water partition coefficient (Wildman–Crippen LogP) is 3.47. The molecule has 0 spiro atoms. The second kappa shape index (κ2) is 8.11. The van der Waals surface area contributed by atoms with Crippen LogP contribution in [0.4, 0.5) is 22.9 Å². The van der Waals surface area contributed by atoms with Crippen LogP contribution in [0.3, 0.4) is 0 Å². The first-order chi connectivity index (χ1) is 12.6. The number of carbonyl (C=O) groups excluding carboxylic acids is 1. The van der Waals surface area contributed by atoms with Gasteiger partial charge in [0.15, 0.2) is 5.82 Å². The number of nitrogens with one attached hydrogen (secondary N) is 2. The van der Waals surface area contributed by atoms with Crippen molar-refractivity contribution < 1.29 is 4.79 Å². The van der Waals surface area contributed by atoms with E-state index in [0.29, 0.717) is 12.2 Å². The average molecular weight is 347 g/mol. The van der Waals surface area contributed by atoms with Crippen molar-refractivity contribution in [1.29, 1.82) is 0 Å². The Balaban J connectivity index is 1.60. The minimum absolute atomic E-state index is 0.0403. The molecule has 0 bridgehead atoms. The Hall–Kier alpha value is -3.41. The summed E-state index contributed by atoms with van der Waals surface area (Å²) in [5.41, 5.74) is 3.58. The number of hydrogen-bond acceptors (Lipinski definition) is 5. The smallest absolute Gasteiger partial charge is 0.228 e. The molecule has 0 radical (unpaired) electrons. The van der Waals surface area contributed by atoms with Crippen LogP contribution in [0, 0.1) is 0 Å². The minimum atomic E-state index is -0.0403. The van der Waals surface area contributed by atoms with E-state index in [4.69, 9.17) is 0 Å². The van der Waals surface area contributed by atoms with Gasteiger partial charge < -0.3 is 15.5 Å². The van der Waals surface area contributed by atoms with E-state index in [1.165, 1.54) is 0 Å².